The van der Waals surface area contributed by atoms with Crippen LogP contribution in [0.2, 0.25) is 0 Å². The van der Waals surface area contributed by atoms with Crippen LogP contribution in [0.3, 0.4) is 0 Å². The van der Waals surface area contributed by atoms with Crippen molar-refractivity contribution < 1.29 is 42.9 Å². The van der Waals surface area contributed by atoms with Crippen molar-refractivity contribution in [2.45, 2.75) is 64.2 Å². The quantitative estimate of drug-likeness (QED) is 0.108. The predicted octanol–water partition coefficient (Wildman–Crippen LogP) is 3.92. The van der Waals surface area contributed by atoms with E-state index in [9.17, 15) is 14.8 Å². The fourth-order valence-electron chi connectivity index (χ4n) is 3.02. The zero-order valence-electron chi connectivity index (χ0n) is 20.7. The molecule has 196 valence electrons. The first-order valence-electron chi connectivity index (χ1n) is 11.7. The molecule has 3 N–H and O–H groups in total. The number of likely N-dealkylation sites (N-methyl/N-ethyl adjacent to an activating group) is 1. The molecule has 0 aliphatic heterocycles. The Labute approximate surface area is 208 Å². The third-order valence-electron chi connectivity index (χ3n) is 4.90. The third-order valence-corrected chi connectivity index (χ3v) is 6.53. The number of aliphatic carboxylic acids is 1. The van der Waals surface area contributed by atoms with Gasteiger partial charge in [0.25, 0.3) is 0 Å². The molecule has 1 aromatic rings. The molecule has 0 fully saturated rings. The number of ether oxygens (including phenoxy) is 2. The normalized spacial score (nSPS) is 15.4. The van der Waals surface area contributed by atoms with Crippen LogP contribution in [0.25, 0.3) is 0 Å². The minimum absolute atomic E-state index is 0.0235. The van der Waals surface area contributed by atoms with E-state index in [0.717, 1.165) is 18.6 Å². The highest BCUT2D eigenvalue weighted by Gasteiger charge is 2.37. The SMILES string of the molecule is CCCCCCOc1cccc(OCCCCOP(O)(=S)O[C@H](CC(=O)O)C(O)[N+](C)(C)C)c1. The van der Waals surface area contributed by atoms with E-state index in [4.69, 9.17) is 35.4 Å². The summed E-state index contributed by atoms with van der Waals surface area (Å²) in [5.74, 6) is 0.325. The monoisotopic (exact) mass is 522 g/mol. The summed E-state index contributed by atoms with van der Waals surface area (Å²) in [6.07, 6.45) is 2.91. The van der Waals surface area contributed by atoms with Crippen LogP contribution in [0, 0.1) is 0 Å². The Bertz CT molecular complexity index is 774. The Balaban J connectivity index is 2.36. The van der Waals surface area contributed by atoms with Crippen molar-refractivity contribution in [3.63, 3.8) is 0 Å². The van der Waals surface area contributed by atoms with E-state index < -0.39 is 31.4 Å². The number of carboxylic acid groups (broad SMARTS) is 1. The number of nitrogens with zero attached hydrogens (tertiary/aromatic N) is 1. The zero-order valence-corrected chi connectivity index (χ0v) is 22.4. The molecule has 1 rings (SSSR count). The minimum atomic E-state index is -3.72. The van der Waals surface area contributed by atoms with Gasteiger partial charge in [-0.05, 0) is 43.2 Å². The van der Waals surface area contributed by atoms with Crippen LogP contribution in [-0.2, 0) is 25.6 Å². The number of carboxylic acids is 1. The van der Waals surface area contributed by atoms with Crippen LogP contribution in [0.15, 0.2) is 24.3 Å². The van der Waals surface area contributed by atoms with Gasteiger partial charge in [0.2, 0.25) is 6.23 Å². The summed E-state index contributed by atoms with van der Waals surface area (Å²) in [6, 6.07) is 7.52. The Kier molecular flexibility index (Phi) is 14.2. The highest BCUT2D eigenvalue weighted by atomic mass is 32.5. The maximum Gasteiger partial charge on any atom is 0.325 e. The largest absolute Gasteiger partial charge is 0.493 e. The highest BCUT2D eigenvalue weighted by molar-refractivity contribution is 8.07. The molecule has 11 heteroatoms. The van der Waals surface area contributed by atoms with E-state index in [1.54, 1.807) is 21.1 Å². The molecule has 0 bridgehead atoms. The highest BCUT2D eigenvalue weighted by Crippen LogP contribution is 2.46. The van der Waals surface area contributed by atoms with E-state index in [1.165, 1.54) is 12.8 Å². The van der Waals surface area contributed by atoms with Gasteiger partial charge in [-0.2, -0.15) is 0 Å². The van der Waals surface area contributed by atoms with Crippen molar-refractivity contribution >= 4 is 24.5 Å². The summed E-state index contributed by atoms with van der Waals surface area (Å²) >= 11 is 5.01. The molecule has 0 saturated heterocycles. The molecule has 0 aromatic heterocycles. The van der Waals surface area contributed by atoms with Crippen LogP contribution in [0.5, 0.6) is 11.5 Å². The predicted molar refractivity (Wildman–Crippen MR) is 134 cm³/mol. The molecular formula is C23H41NO8PS+. The number of aliphatic hydroxyl groups excluding tert-OH is 1. The summed E-state index contributed by atoms with van der Waals surface area (Å²) in [4.78, 5) is 21.4. The molecule has 0 saturated carbocycles. The fraction of sp³-hybridized carbons (Fsp3) is 0.696. The van der Waals surface area contributed by atoms with Crippen LogP contribution in [-0.4, -0.2) is 78.9 Å². The lowest BCUT2D eigenvalue weighted by Crippen LogP contribution is -2.52. The van der Waals surface area contributed by atoms with Crippen molar-refractivity contribution in [2.75, 3.05) is 41.0 Å². The fourth-order valence-corrected chi connectivity index (χ4v) is 4.52. The first-order valence-corrected chi connectivity index (χ1v) is 14.3. The summed E-state index contributed by atoms with van der Waals surface area (Å²) < 4.78 is 22.2. The van der Waals surface area contributed by atoms with Gasteiger partial charge in [0.15, 0.2) is 6.10 Å². The topological polar surface area (TPSA) is 115 Å². The molecule has 0 spiro atoms. The summed E-state index contributed by atoms with van der Waals surface area (Å²) in [5.41, 5.74) is 0. The number of hydrogen-bond donors (Lipinski definition) is 3. The van der Waals surface area contributed by atoms with E-state index in [-0.39, 0.29) is 11.1 Å². The van der Waals surface area contributed by atoms with E-state index in [2.05, 4.69) is 6.92 Å². The van der Waals surface area contributed by atoms with Gasteiger partial charge in [-0.25, -0.2) is 0 Å². The summed E-state index contributed by atoms with van der Waals surface area (Å²) in [5, 5.41) is 19.5. The molecule has 0 amide bonds. The van der Waals surface area contributed by atoms with Gasteiger partial charge in [0, 0.05) is 6.07 Å². The lowest BCUT2D eigenvalue weighted by Gasteiger charge is -2.35. The van der Waals surface area contributed by atoms with E-state index in [0.29, 0.717) is 31.8 Å². The second kappa shape index (κ2) is 15.7. The van der Waals surface area contributed by atoms with Crippen molar-refractivity contribution in [3.8, 4) is 11.5 Å². The maximum atomic E-state index is 11.1. The summed E-state index contributed by atoms with van der Waals surface area (Å²) in [7, 11) is 5.04. The molecule has 0 aliphatic carbocycles. The van der Waals surface area contributed by atoms with Gasteiger partial charge in [0.1, 0.15) is 11.5 Å². The average molecular weight is 523 g/mol. The Morgan fingerprint density at radius 3 is 2.12 bits per heavy atom. The van der Waals surface area contributed by atoms with E-state index in [1.807, 2.05) is 24.3 Å². The number of benzene rings is 1. The minimum Gasteiger partial charge on any atom is -0.493 e. The molecule has 0 radical (unpaired) electrons. The Hall–Kier alpha value is -1.26. The van der Waals surface area contributed by atoms with Gasteiger partial charge >= 0.3 is 12.7 Å². The lowest BCUT2D eigenvalue weighted by atomic mass is 10.2. The second-order valence-electron chi connectivity index (χ2n) is 9.01. The van der Waals surface area contributed by atoms with Gasteiger partial charge in [0.05, 0.1) is 47.4 Å². The van der Waals surface area contributed by atoms with E-state index >= 15 is 0 Å². The molecule has 3 atom stereocenters. The summed E-state index contributed by atoms with van der Waals surface area (Å²) in [6.45, 7) is -0.282. The lowest BCUT2D eigenvalue weighted by molar-refractivity contribution is -0.922. The van der Waals surface area contributed by atoms with Crippen LogP contribution >= 0.6 is 6.72 Å². The molecule has 1 aromatic carbocycles. The van der Waals surface area contributed by atoms with Crippen molar-refractivity contribution in [1.29, 1.82) is 0 Å². The van der Waals surface area contributed by atoms with Crippen molar-refractivity contribution in [2.24, 2.45) is 0 Å². The molecule has 2 unspecified atom stereocenters. The molecule has 0 heterocycles. The zero-order chi connectivity index (χ0) is 25.6. The molecule has 0 aliphatic rings. The van der Waals surface area contributed by atoms with Crippen LogP contribution in [0.4, 0.5) is 0 Å². The Morgan fingerprint density at radius 2 is 1.59 bits per heavy atom. The molecule has 34 heavy (non-hydrogen) atoms. The number of carbonyl (C=O) groups is 1. The van der Waals surface area contributed by atoms with Crippen molar-refractivity contribution in [3.05, 3.63) is 24.3 Å². The van der Waals surface area contributed by atoms with Crippen molar-refractivity contribution in [1.82, 2.24) is 0 Å². The number of unbranched alkanes of at least 4 members (excludes halogenated alkanes) is 4. The number of hydrogen-bond acceptors (Lipinski definition) is 7. The average Bonchev–Trinajstić information content (AvgIpc) is 2.74. The first-order chi connectivity index (χ1) is 15.9. The van der Waals surface area contributed by atoms with Gasteiger partial charge in [-0.15, -0.1) is 0 Å². The van der Waals surface area contributed by atoms with Gasteiger partial charge in [-0.1, -0.05) is 32.3 Å². The first kappa shape index (κ1) is 30.8. The number of rotatable bonds is 19. The second-order valence-corrected chi connectivity index (χ2v) is 11.8. The third kappa shape index (κ3) is 13.6. The van der Waals surface area contributed by atoms with Crippen LogP contribution < -0.4 is 9.47 Å². The number of aliphatic hydroxyl groups is 1. The molecule has 9 nitrogen and oxygen atoms in total. The smallest absolute Gasteiger partial charge is 0.325 e. The van der Waals surface area contributed by atoms with Gasteiger partial charge in [-0.3, -0.25) is 9.32 Å². The van der Waals surface area contributed by atoms with Gasteiger partial charge < -0.3 is 33.6 Å². The Morgan fingerprint density at radius 1 is 1.03 bits per heavy atom. The molecular weight excluding hydrogens is 481 g/mol. The number of quaternary nitrogens is 1. The van der Waals surface area contributed by atoms with Crippen LogP contribution in [0.1, 0.15) is 51.9 Å². The standard InChI is InChI=1S/C23H40NO8PS/c1-5-6-7-8-14-29-19-12-11-13-20(17-19)30-15-9-10-16-31-33(28,34)32-21(18-22(25)26)23(27)24(2,3)4/h11-13,17,21,23,27H,5-10,14-16,18H2,1-4H3,(H-,25,26,28,34)/p+1/t21-,23?,33?/m1/s1. The maximum absolute atomic E-state index is 11.1.